The summed E-state index contributed by atoms with van der Waals surface area (Å²) in [4.78, 5) is 77.4. The van der Waals surface area contributed by atoms with Gasteiger partial charge >= 0.3 is 17.9 Å². The van der Waals surface area contributed by atoms with Gasteiger partial charge in [0.1, 0.15) is 17.2 Å². The van der Waals surface area contributed by atoms with Crippen molar-refractivity contribution in [2.24, 2.45) is 0 Å². The Hall–Kier alpha value is -2.98. The lowest BCUT2D eigenvalue weighted by molar-refractivity contribution is -0.197. The Labute approximate surface area is 263 Å². The summed E-state index contributed by atoms with van der Waals surface area (Å²) in [5.74, 6) is -3.08. The van der Waals surface area contributed by atoms with Gasteiger partial charge in [-0.25, -0.2) is 9.59 Å². The molecule has 1 aliphatic heterocycles. The SMILES string of the molecule is CC(C)(C)OC(=O)CCCCCCCCCCCCCCC(=O)N[C@@H](CCC(=O)ON1C(=O)CCC1=O)C(=O)OC(C)(C)C. The largest absolute Gasteiger partial charge is 0.460 e. The predicted molar refractivity (Wildman–Crippen MR) is 165 cm³/mol. The maximum absolute atomic E-state index is 12.7. The lowest BCUT2D eigenvalue weighted by atomic mass is 10.0. The van der Waals surface area contributed by atoms with Crippen molar-refractivity contribution < 1.29 is 43.1 Å². The number of hydrogen-bond donors (Lipinski definition) is 1. The van der Waals surface area contributed by atoms with Crippen molar-refractivity contribution >= 4 is 35.6 Å². The number of carbonyl (C=O) groups is 6. The molecular formula is C33H56N2O9. The quantitative estimate of drug-likeness (QED) is 0.0922. The number of hydrogen-bond acceptors (Lipinski definition) is 9. The van der Waals surface area contributed by atoms with Crippen LogP contribution in [0.2, 0.25) is 0 Å². The third-order valence-corrected chi connectivity index (χ3v) is 6.82. The Balaban J connectivity index is 2.19. The van der Waals surface area contributed by atoms with Crippen molar-refractivity contribution in [3.05, 3.63) is 0 Å². The molecule has 1 rings (SSSR count). The van der Waals surface area contributed by atoms with E-state index in [-0.39, 0.29) is 44.0 Å². The van der Waals surface area contributed by atoms with Gasteiger partial charge in [0, 0.05) is 25.7 Å². The monoisotopic (exact) mass is 624 g/mol. The van der Waals surface area contributed by atoms with E-state index in [0.717, 1.165) is 44.9 Å². The number of hydroxylamine groups is 2. The van der Waals surface area contributed by atoms with E-state index in [2.05, 4.69) is 5.32 Å². The molecule has 0 aromatic rings. The summed E-state index contributed by atoms with van der Waals surface area (Å²) in [6, 6.07) is -1.05. The van der Waals surface area contributed by atoms with Gasteiger partial charge in [-0.2, -0.15) is 0 Å². The molecule has 3 amide bonds. The highest BCUT2D eigenvalue weighted by molar-refractivity contribution is 6.01. The molecule has 0 aromatic carbocycles. The molecule has 11 nitrogen and oxygen atoms in total. The number of nitrogens with one attached hydrogen (secondary N) is 1. The average molecular weight is 625 g/mol. The van der Waals surface area contributed by atoms with Crippen LogP contribution in [0.3, 0.4) is 0 Å². The molecule has 1 saturated heterocycles. The molecule has 0 saturated carbocycles. The minimum Gasteiger partial charge on any atom is -0.460 e. The number of esters is 2. The number of ether oxygens (including phenoxy) is 2. The molecule has 0 spiro atoms. The molecule has 0 unspecified atom stereocenters. The van der Waals surface area contributed by atoms with Gasteiger partial charge in [-0.15, -0.1) is 5.06 Å². The highest BCUT2D eigenvalue weighted by Crippen LogP contribution is 2.17. The summed E-state index contributed by atoms with van der Waals surface area (Å²) in [6.45, 7) is 10.8. The van der Waals surface area contributed by atoms with Gasteiger partial charge < -0.3 is 19.6 Å². The van der Waals surface area contributed by atoms with E-state index in [9.17, 15) is 28.8 Å². The summed E-state index contributed by atoms with van der Waals surface area (Å²) < 4.78 is 10.7. The molecule has 1 N–H and O–H groups in total. The second kappa shape index (κ2) is 20.1. The molecule has 0 bridgehead atoms. The standard InChI is InChI=1S/C33H56N2O9/c1-32(2,3)42-29(39)20-18-16-14-12-10-8-7-9-11-13-15-17-19-26(36)34-25(31(41)43-33(4,5)6)21-24-30(40)44-35-27(37)22-23-28(35)38/h25H,7-24H2,1-6H3,(H,34,36)/t25-/m0/s1. The number of rotatable bonds is 21. The minimum absolute atomic E-state index is 0.0102. The molecule has 1 aliphatic rings. The highest BCUT2D eigenvalue weighted by atomic mass is 16.7. The van der Waals surface area contributed by atoms with E-state index in [1.165, 1.54) is 25.7 Å². The Kier molecular flexibility index (Phi) is 17.9. The zero-order valence-electron chi connectivity index (χ0n) is 27.9. The van der Waals surface area contributed by atoms with Crippen LogP contribution < -0.4 is 5.32 Å². The van der Waals surface area contributed by atoms with Crippen LogP contribution in [0.25, 0.3) is 0 Å². The van der Waals surface area contributed by atoms with Crippen molar-refractivity contribution in [3.8, 4) is 0 Å². The first-order chi connectivity index (χ1) is 20.6. The molecule has 1 heterocycles. The molecule has 44 heavy (non-hydrogen) atoms. The predicted octanol–water partition coefficient (Wildman–Crippen LogP) is 6.00. The lowest BCUT2D eigenvalue weighted by Crippen LogP contribution is -2.44. The van der Waals surface area contributed by atoms with E-state index in [1.54, 1.807) is 20.8 Å². The van der Waals surface area contributed by atoms with Crippen molar-refractivity contribution in [1.29, 1.82) is 0 Å². The first-order valence-electron chi connectivity index (χ1n) is 16.4. The fourth-order valence-corrected chi connectivity index (χ4v) is 4.67. The summed E-state index contributed by atoms with van der Waals surface area (Å²) in [5, 5.41) is 3.13. The Morgan fingerprint density at radius 3 is 1.52 bits per heavy atom. The van der Waals surface area contributed by atoms with Crippen molar-refractivity contribution in [3.63, 3.8) is 0 Å². The van der Waals surface area contributed by atoms with Gasteiger partial charge in [0.25, 0.3) is 11.8 Å². The fraction of sp³-hybridized carbons (Fsp3) is 0.818. The zero-order chi connectivity index (χ0) is 33.2. The third kappa shape index (κ3) is 19.3. The first kappa shape index (κ1) is 39.0. The molecule has 1 fully saturated rings. The van der Waals surface area contributed by atoms with Crippen LogP contribution in [0.15, 0.2) is 0 Å². The van der Waals surface area contributed by atoms with Crippen molar-refractivity contribution in [1.82, 2.24) is 10.4 Å². The van der Waals surface area contributed by atoms with Crippen LogP contribution in [0.4, 0.5) is 0 Å². The lowest BCUT2D eigenvalue weighted by Gasteiger charge is -2.24. The fourth-order valence-electron chi connectivity index (χ4n) is 4.67. The Bertz CT molecular complexity index is 934. The van der Waals surface area contributed by atoms with E-state index in [1.807, 2.05) is 20.8 Å². The topological polar surface area (TPSA) is 145 Å². The van der Waals surface area contributed by atoms with Gasteiger partial charge in [-0.1, -0.05) is 64.2 Å². The molecule has 0 radical (unpaired) electrons. The van der Waals surface area contributed by atoms with Gasteiger partial charge in [-0.05, 0) is 60.8 Å². The summed E-state index contributed by atoms with van der Waals surface area (Å²) in [7, 11) is 0. The number of carbonyl (C=O) groups excluding carboxylic acids is 6. The Morgan fingerprint density at radius 1 is 0.636 bits per heavy atom. The molecular weight excluding hydrogens is 568 g/mol. The molecule has 252 valence electrons. The second-order valence-electron chi connectivity index (χ2n) is 13.6. The van der Waals surface area contributed by atoms with Crippen LogP contribution in [0, 0.1) is 0 Å². The second-order valence-corrected chi connectivity index (χ2v) is 13.6. The first-order valence-corrected chi connectivity index (χ1v) is 16.4. The maximum atomic E-state index is 12.7. The molecule has 0 aliphatic carbocycles. The molecule has 11 heteroatoms. The van der Waals surface area contributed by atoms with Crippen LogP contribution in [-0.2, 0) is 43.1 Å². The normalized spacial score (nSPS) is 14.4. The summed E-state index contributed by atoms with van der Waals surface area (Å²) in [5.41, 5.74) is -1.19. The van der Waals surface area contributed by atoms with Crippen molar-refractivity contribution in [2.75, 3.05) is 0 Å². The van der Waals surface area contributed by atoms with Gasteiger partial charge in [0.15, 0.2) is 0 Å². The van der Waals surface area contributed by atoms with E-state index >= 15 is 0 Å². The summed E-state index contributed by atoms with van der Waals surface area (Å²) >= 11 is 0. The number of imide groups is 1. The Morgan fingerprint density at radius 2 is 1.07 bits per heavy atom. The maximum Gasteiger partial charge on any atom is 0.333 e. The highest BCUT2D eigenvalue weighted by Gasteiger charge is 2.33. The van der Waals surface area contributed by atoms with Crippen LogP contribution in [-0.4, -0.2) is 57.9 Å². The third-order valence-electron chi connectivity index (χ3n) is 6.82. The van der Waals surface area contributed by atoms with E-state index in [0.29, 0.717) is 17.9 Å². The number of nitrogens with zero attached hydrogens (tertiary/aromatic N) is 1. The van der Waals surface area contributed by atoms with Gasteiger partial charge in [-0.3, -0.25) is 19.2 Å². The van der Waals surface area contributed by atoms with Crippen LogP contribution in [0.5, 0.6) is 0 Å². The van der Waals surface area contributed by atoms with E-state index < -0.39 is 41.0 Å². The average Bonchev–Trinajstić information content (AvgIpc) is 3.21. The number of unbranched alkanes of at least 4 members (excludes halogenated alkanes) is 11. The number of amides is 3. The molecule has 1 atom stereocenters. The van der Waals surface area contributed by atoms with E-state index in [4.69, 9.17) is 14.3 Å². The van der Waals surface area contributed by atoms with Crippen LogP contribution in [0.1, 0.15) is 157 Å². The molecule has 0 aromatic heterocycles. The summed E-state index contributed by atoms with van der Waals surface area (Å²) in [6.07, 6.45) is 13.2. The van der Waals surface area contributed by atoms with Gasteiger partial charge in [0.05, 0.1) is 6.42 Å². The van der Waals surface area contributed by atoms with Gasteiger partial charge in [0.2, 0.25) is 5.91 Å². The van der Waals surface area contributed by atoms with Crippen molar-refractivity contribution in [2.45, 2.75) is 174 Å². The van der Waals surface area contributed by atoms with Crippen LogP contribution >= 0.6 is 0 Å². The zero-order valence-corrected chi connectivity index (χ0v) is 27.9. The minimum atomic E-state index is -1.05. The smallest absolute Gasteiger partial charge is 0.333 e.